The number of nitrogens with two attached hydrogens (primary N) is 1. The van der Waals surface area contributed by atoms with Crippen LogP contribution in [0.1, 0.15) is 41.4 Å². The van der Waals surface area contributed by atoms with Gasteiger partial charge in [0.2, 0.25) is 0 Å². The number of piperazine rings is 1. The largest absolute Gasteiger partial charge is 0.336 e. The van der Waals surface area contributed by atoms with Gasteiger partial charge in [-0.1, -0.05) is 48.6 Å². The summed E-state index contributed by atoms with van der Waals surface area (Å²) < 4.78 is 0. The van der Waals surface area contributed by atoms with E-state index in [0.717, 1.165) is 18.7 Å². The molecular weight excluding hydrogens is 360 g/mol. The zero-order valence-electron chi connectivity index (χ0n) is 17.3. The topological polar surface area (TPSA) is 62.5 Å². The molecule has 5 nitrogen and oxygen atoms in total. The number of amides is 1. The normalized spacial score (nSPS) is 16.9. The van der Waals surface area contributed by atoms with Crippen LogP contribution in [0.25, 0.3) is 0 Å². The summed E-state index contributed by atoms with van der Waals surface area (Å²) in [7, 11) is 0. The van der Waals surface area contributed by atoms with E-state index >= 15 is 0 Å². The molecule has 0 saturated carbocycles. The van der Waals surface area contributed by atoms with Crippen LogP contribution >= 0.6 is 0 Å². The Morgan fingerprint density at radius 2 is 1.86 bits per heavy atom. The minimum Gasteiger partial charge on any atom is -0.336 e. The number of hydrogen-bond acceptors (Lipinski definition) is 4. The molecule has 2 aromatic rings. The Kier molecular flexibility index (Phi) is 7.33. The summed E-state index contributed by atoms with van der Waals surface area (Å²) in [5, 5.41) is 0. The third kappa shape index (κ3) is 5.00. The molecule has 1 saturated heterocycles. The van der Waals surface area contributed by atoms with Crippen molar-refractivity contribution in [3.8, 4) is 0 Å². The number of hydrogen-bond donors (Lipinski definition) is 1. The molecule has 1 unspecified atom stereocenters. The maximum atomic E-state index is 12.9. The highest BCUT2D eigenvalue weighted by Gasteiger charge is 2.28. The molecule has 1 aromatic heterocycles. The van der Waals surface area contributed by atoms with E-state index in [1.807, 2.05) is 24.0 Å². The van der Waals surface area contributed by atoms with Gasteiger partial charge in [0.05, 0.1) is 11.6 Å². The molecule has 1 aliphatic heterocycles. The Balaban J connectivity index is 1.75. The van der Waals surface area contributed by atoms with Gasteiger partial charge in [-0.15, -0.1) is 0 Å². The molecule has 0 radical (unpaired) electrons. The third-order valence-electron chi connectivity index (χ3n) is 5.37. The van der Waals surface area contributed by atoms with Gasteiger partial charge in [0.1, 0.15) is 0 Å². The smallest absolute Gasteiger partial charge is 0.255 e. The number of benzene rings is 1. The Bertz CT molecular complexity index is 867. The maximum Gasteiger partial charge on any atom is 0.255 e. The van der Waals surface area contributed by atoms with E-state index in [1.54, 1.807) is 12.4 Å². The van der Waals surface area contributed by atoms with Crippen molar-refractivity contribution in [2.24, 2.45) is 5.73 Å². The van der Waals surface area contributed by atoms with E-state index in [2.05, 4.69) is 59.3 Å². The summed E-state index contributed by atoms with van der Waals surface area (Å²) in [5.74, 6) is 0.0309. The van der Waals surface area contributed by atoms with Gasteiger partial charge in [0, 0.05) is 45.1 Å². The van der Waals surface area contributed by atoms with Crippen molar-refractivity contribution in [1.29, 1.82) is 0 Å². The fourth-order valence-electron chi connectivity index (χ4n) is 3.87. The first-order valence-electron chi connectivity index (χ1n) is 10.2. The van der Waals surface area contributed by atoms with Crippen LogP contribution in [-0.2, 0) is 6.54 Å². The van der Waals surface area contributed by atoms with E-state index in [-0.39, 0.29) is 11.9 Å². The quantitative estimate of drug-likeness (QED) is 0.766. The third-order valence-corrected chi connectivity index (χ3v) is 5.37. The fourth-order valence-corrected chi connectivity index (χ4v) is 3.87. The number of aromatic nitrogens is 1. The molecule has 3 rings (SSSR count). The predicted molar refractivity (Wildman–Crippen MR) is 117 cm³/mol. The van der Waals surface area contributed by atoms with Gasteiger partial charge in [0.15, 0.2) is 0 Å². The van der Waals surface area contributed by atoms with Gasteiger partial charge in [0.25, 0.3) is 5.91 Å². The van der Waals surface area contributed by atoms with Crippen LogP contribution in [0.15, 0.2) is 72.6 Å². The average molecular weight is 391 g/mol. The zero-order valence-corrected chi connectivity index (χ0v) is 17.3. The molecule has 0 bridgehead atoms. The average Bonchev–Trinajstić information content (AvgIpc) is 2.79. The fraction of sp³-hybridized carbons (Fsp3) is 0.333. The second-order valence-corrected chi connectivity index (χ2v) is 7.22. The van der Waals surface area contributed by atoms with Crippen LogP contribution in [0, 0.1) is 0 Å². The summed E-state index contributed by atoms with van der Waals surface area (Å²) in [6.45, 7) is 7.56. The van der Waals surface area contributed by atoms with Gasteiger partial charge in [-0.3, -0.25) is 14.7 Å². The number of carbonyl (C=O) groups is 1. The molecule has 2 heterocycles. The van der Waals surface area contributed by atoms with E-state index in [1.165, 1.54) is 11.1 Å². The van der Waals surface area contributed by atoms with Crippen molar-refractivity contribution < 1.29 is 4.79 Å². The van der Waals surface area contributed by atoms with Crippen molar-refractivity contribution in [3.63, 3.8) is 0 Å². The molecule has 1 amide bonds. The lowest BCUT2D eigenvalue weighted by atomic mass is 9.95. The molecule has 1 aliphatic rings. The van der Waals surface area contributed by atoms with Crippen molar-refractivity contribution in [1.82, 2.24) is 14.8 Å². The molecular formula is C24H30N4O. The Morgan fingerprint density at radius 3 is 2.48 bits per heavy atom. The second-order valence-electron chi connectivity index (χ2n) is 7.22. The van der Waals surface area contributed by atoms with Crippen LogP contribution in [0.4, 0.5) is 0 Å². The lowest BCUT2D eigenvalue weighted by Crippen LogP contribution is -2.50. The second kappa shape index (κ2) is 10.1. The van der Waals surface area contributed by atoms with E-state index < -0.39 is 0 Å². The summed E-state index contributed by atoms with van der Waals surface area (Å²) in [4.78, 5) is 21.4. The Hall–Kier alpha value is -2.76. The summed E-state index contributed by atoms with van der Waals surface area (Å²) in [6, 6.07) is 12.6. The van der Waals surface area contributed by atoms with E-state index in [4.69, 9.17) is 5.73 Å². The zero-order chi connectivity index (χ0) is 20.6. The lowest BCUT2D eigenvalue weighted by molar-refractivity contribution is 0.0596. The standard InChI is InChI=1S/C24H30N4O/c1-3-8-20(4-2)23(21-9-6-5-7-10-21)27-11-13-28(14-12-27)24(29)22-15-19(16-25)17-26-18-22/h3-10,15,17-18,23H,11-14,16,25H2,1-2H3/b8-3-,20-4+. The summed E-state index contributed by atoms with van der Waals surface area (Å²) in [5.41, 5.74) is 9.73. The van der Waals surface area contributed by atoms with Crippen LogP contribution in [0.2, 0.25) is 0 Å². The molecule has 1 fully saturated rings. The van der Waals surface area contributed by atoms with Crippen LogP contribution in [-0.4, -0.2) is 46.9 Å². The highest BCUT2D eigenvalue weighted by molar-refractivity contribution is 5.94. The number of nitrogens with zero attached hydrogens (tertiary/aromatic N) is 3. The number of carbonyl (C=O) groups excluding carboxylic acids is 1. The minimum absolute atomic E-state index is 0.0309. The first-order valence-corrected chi connectivity index (χ1v) is 10.2. The molecule has 29 heavy (non-hydrogen) atoms. The van der Waals surface area contributed by atoms with Crippen molar-refractivity contribution in [3.05, 3.63) is 89.3 Å². The maximum absolute atomic E-state index is 12.9. The van der Waals surface area contributed by atoms with Crippen molar-refractivity contribution in [2.75, 3.05) is 26.2 Å². The highest BCUT2D eigenvalue weighted by Crippen LogP contribution is 2.30. The van der Waals surface area contributed by atoms with Gasteiger partial charge in [-0.25, -0.2) is 0 Å². The van der Waals surface area contributed by atoms with Gasteiger partial charge >= 0.3 is 0 Å². The highest BCUT2D eigenvalue weighted by atomic mass is 16.2. The van der Waals surface area contributed by atoms with E-state index in [9.17, 15) is 4.79 Å². The predicted octanol–water partition coefficient (Wildman–Crippen LogP) is 3.56. The van der Waals surface area contributed by atoms with Crippen LogP contribution in [0.5, 0.6) is 0 Å². The number of rotatable bonds is 6. The first kappa shape index (κ1) is 21.0. The molecule has 1 aromatic carbocycles. The van der Waals surface area contributed by atoms with Gasteiger partial charge < -0.3 is 10.6 Å². The van der Waals surface area contributed by atoms with Gasteiger partial charge in [-0.05, 0) is 36.6 Å². The SMILES string of the molecule is C/C=C\C(=C/C)C(c1ccccc1)N1CCN(C(=O)c2cncc(CN)c2)CC1. The number of allylic oxidation sites excluding steroid dienone is 2. The molecule has 0 spiro atoms. The number of pyridine rings is 1. The molecule has 2 N–H and O–H groups in total. The van der Waals surface area contributed by atoms with Crippen molar-refractivity contribution >= 4 is 5.91 Å². The van der Waals surface area contributed by atoms with E-state index in [0.29, 0.717) is 25.2 Å². The summed E-state index contributed by atoms with van der Waals surface area (Å²) >= 11 is 0. The minimum atomic E-state index is 0.0309. The Morgan fingerprint density at radius 1 is 1.14 bits per heavy atom. The van der Waals surface area contributed by atoms with Crippen LogP contribution in [0.3, 0.4) is 0 Å². The monoisotopic (exact) mass is 390 g/mol. The summed E-state index contributed by atoms with van der Waals surface area (Å²) in [6.07, 6.45) is 9.78. The molecule has 1 atom stereocenters. The Labute approximate surface area is 173 Å². The van der Waals surface area contributed by atoms with Gasteiger partial charge in [-0.2, -0.15) is 0 Å². The van der Waals surface area contributed by atoms with Crippen LogP contribution < -0.4 is 5.73 Å². The lowest BCUT2D eigenvalue weighted by Gasteiger charge is -2.40. The molecule has 152 valence electrons. The molecule has 5 heteroatoms. The first-order chi connectivity index (χ1) is 14.2. The molecule has 0 aliphatic carbocycles. The van der Waals surface area contributed by atoms with Crippen molar-refractivity contribution in [2.45, 2.75) is 26.4 Å².